The molecule has 1 aromatic carbocycles. The number of hydrogen-bond donors (Lipinski definition) is 0. The van der Waals surface area contributed by atoms with E-state index >= 15 is 0 Å². The van der Waals surface area contributed by atoms with Crippen LogP contribution in [0.15, 0.2) is 24.3 Å². The first-order chi connectivity index (χ1) is 14.9. The molecule has 1 rings (SSSR count). The van der Waals surface area contributed by atoms with Crippen molar-refractivity contribution in [3.05, 3.63) is 35.9 Å². The van der Waals surface area contributed by atoms with Crippen molar-refractivity contribution in [1.29, 1.82) is 0 Å². The third-order valence-electron chi connectivity index (χ3n) is 6.61. The second-order valence-corrected chi connectivity index (χ2v) is 9.58. The van der Waals surface area contributed by atoms with Crippen LogP contribution in [0.5, 0.6) is 0 Å². The van der Waals surface area contributed by atoms with Crippen LogP contribution in [0.1, 0.15) is 154 Å². The summed E-state index contributed by atoms with van der Waals surface area (Å²) in [4.78, 5) is 0. The van der Waals surface area contributed by atoms with E-state index in [9.17, 15) is 0 Å². The first-order valence-corrected chi connectivity index (χ1v) is 13.9. The van der Waals surface area contributed by atoms with Crippen molar-refractivity contribution in [2.45, 2.75) is 155 Å². The van der Waals surface area contributed by atoms with Gasteiger partial charge in [0, 0.05) is 0 Å². The van der Waals surface area contributed by atoms with Gasteiger partial charge >= 0.3 is 0 Å². The van der Waals surface area contributed by atoms with Crippen molar-refractivity contribution < 1.29 is 0 Å². The van der Waals surface area contributed by atoms with Crippen LogP contribution < -0.4 is 0 Å². The minimum atomic E-state index is 1.24. The second kappa shape index (κ2) is 22.9. The Labute approximate surface area is 190 Å². The smallest absolute Gasteiger partial charge is 0.0184 e. The predicted molar refractivity (Wildman–Crippen MR) is 136 cm³/mol. The summed E-state index contributed by atoms with van der Waals surface area (Å²) in [5.41, 5.74) is 1.47. The molecule has 1 aromatic rings. The molecule has 0 aliphatic carbocycles. The molecule has 0 aliphatic rings. The Morgan fingerprint density at radius 3 is 1.07 bits per heavy atom. The summed E-state index contributed by atoms with van der Waals surface area (Å²) in [6.07, 6.45) is 33.3. The Hall–Kier alpha value is -0.780. The van der Waals surface area contributed by atoms with Crippen LogP contribution >= 0.6 is 0 Å². The van der Waals surface area contributed by atoms with Crippen LogP contribution in [-0.2, 0) is 6.42 Å². The van der Waals surface area contributed by atoms with Gasteiger partial charge < -0.3 is 0 Å². The van der Waals surface area contributed by atoms with Gasteiger partial charge in [-0.25, -0.2) is 0 Å². The maximum Gasteiger partial charge on any atom is -0.0184 e. The normalized spacial score (nSPS) is 11.2. The lowest BCUT2D eigenvalue weighted by Gasteiger charge is -2.04. The van der Waals surface area contributed by atoms with Gasteiger partial charge in [-0.15, -0.1) is 0 Å². The summed E-state index contributed by atoms with van der Waals surface area (Å²) in [5.74, 6) is 0. The van der Waals surface area contributed by atoms with Crippen molar-refractivity contribution in [2.24, 2.45) is 0 Å². The maximum absolute atomic E-state index is 3.10. The van der Waals surface area contributed by atoms with E-state index in [1.54, 1.807) is 0 Å². The van der Waals surface area contributed by atoms with Gasteiger partial charge in [-0.3, -0.25) is 0 Å². The van der Waals surface area contributed by atoms with E-state index in [2.05, 4.69) is 25.1 Å². The van der Waals surface area contributed by atoms with Gasteiger partial charge in [0.25, 0.3) is 0 Å². The summed E-state index contributed by atoms with van der Waals surface area (Å²) in [6, 6.07) is 11.6. The maximum atomic E-state index is 3.10. The molecule has 0 heterocycles. The van der Waals surface area contributed by atoms with Gasteiger partial charge in [-0.05, 0) is 24.5 Å². The molecule has 173 valence electrons. The fraction of sp³-hybridized carbons (Fsp3) is 0.800. The first-order valence-electron chi connectivity index (χ1n) is 13.9. The van der Waals surface area contributed by atoms with Crippen molar-refractivity contribution in [1.82, 2.24) is 0 Å². The largest absolute Gasteiger partial charge is 0.0654 e. The lowest BCUT2D eigenvalue weighted by Crippen LogP contribution is -1.86. The molecule has 0 saturated carbocycles. The van der Waals surface area contributed by atoms with E-state index in [0.717, 1.165) is 0 Å². The van der Waals surface area contributed by atoms with Crippen LogP contribution in [0.3, 0.4) is 0 Å². The Bertz CT molecular complexity index is 421. The Morgan fingerprint density at radius 1 is 0.433 bits per heavy atom. The van der Waals surface area contributed by atoms with Gasteiger partial charge in [0.15, 0.2) is 0 Å². The zero-order chi connectivity index (χ0) is 21.4. The van der Waals surface area contributed by atoms with E-state index in [-0.39, 0.29) is 0 Å². The summed E-state index contributed by atoms with van der Waals surface area (Å²) in [6.45, 7) is 2.30. The summed E-state index contributed by atoms with van der Waals surface area (Å²) in [7, 11) is 0. The molecule has 1 radical (unpaired) electrons. The molecule has 0 aromatic heterocycles. The molecule has 0 heteroatoms. The minimum absolute atomic E-state index is 1.24. The highest BCUT2D eigenvalue weighted by Gasteiger charge is 1.96. The lowest BCUT2D eigenvalue weighted by molar-refractivity contribution is 0.519. The molecule has 0 aliphatic heterocycles. The topological polar surface area (TPSA) is 0 Å². The number of rotatable bonds is 23. The Morgan fingerprint density at radius 2 is 0.733 bits per heavy atom. The molecule has 0 unspecified atom stereocenters. The monoisotopic (exact) mass is 413 g/mol. The molecule has 30 heavy (non-hydrogen) atoms. The lowest BCUT2D eigenvalue weighted by atomic mass is 10.0. The third-order valence-corrected chi connectivity index (χ3v) is 6.61. The zero-order valence-electron chi connectivity index (χ0n) is 20.6. The summed E-state index contributed by atoms with van der Waals surface area (Å²) < 4.78 is 0. The molecule has 0 bridgehead atoms. The average molecular weight is 414 g/mol. The molecule has 0 amide bonds. The third kappa shape index (κ3) is 19.2. The van der Waals surface area contributed by atoms with E-state index in [1.807, 2.05) is 12.1 Å². The number of hydrogen-bond acceptors (Lipinski definition) is 0. The standard InChI is InChI=1S/C30H53/c1-2-3-4-5-6-7-8-9-10-11-12-13-14-15-16-17-18-19-20-21-22-24-27-30-28-25-23-26-29-30/h25-26,28-29H,2-22,24,27H2,1H3. The van der Waals surface area contributed by atoms with Gasteiger partial charge in [0.1, 0.15) is 0 Å². The SMILES string of the molecule is CCCCCCCCCCCCCCCCCCCCCCCCc1cc[c]cc1. The Balaban J connectivity index is 1.65. The highest BCUT2D eigenvalue weighted by atomic mass is 14.0. The van der Waals surface area contributed by atoms with Crippen molar-refractivity contribution in [2.75, 3.05) is 0 Å². The van der Waals surface area contributed by atoms with Gasteiger partial charge in [0.05, 0.1) is 0 Å². The van der Waals surface area contributed by atoms with Crippen molar-refractivity contribution in [3.63, 3.8) is 0 Å². The average Bonchev–Trinajstić information content (AvgIpc) is 2.78. The highest BCUT2D eigenvalue weighted by Crippen LogP contribution is 2.15. The van der Waals surface area contributed by atoms with E-state index in [4.69, 9.17) is 0 Å². The van der Waals surface area contributed by atoms with Crippen molar-refractivity contribution >= 4 is 0 Å². The van der Waals surface area contributed by atoms with Gasteiger partial charge in [-0.1, -0.05) is 166 Å². The predicted octanol–water partition coefficient (Wildman–Crippen LogP) is 10.6. The van der Waals surface area contributed by atoms with Crippen LogP contribution in [-0.4, -0.2) is 0 Å². The summed E-state index contributed by atoms with van der Waals surface area (Å²) in [5, 5.41) is 0. The number of aryl methyl sites for hydroxylation is 1. The van der Waals surface area contributed by atoms with Crippen molar-refractivity contribution in [3.8, 4) is 0 Å². The van der Waals surface area contributed by atoms with E-state index in [1.165, 1.54) is 153 Å². The quantitative estimate of drug-likeness (QED) is 0.156. The molecule has 0 atom stereocenters. The van der Waals surface area contributed by atoms with E-state index < -0.39 is 0 Å². The molecular weight excluding hydrogens is 360 g/mol. The van der Waals surface area contributed by atoms with Gasteiger partial charge in [-0.2, -0.15) is 0 Å². The van der Waals surface area contributed by atoms with Crippen LogP contribution in [0, 0.1) is 6.07 Å². The number of unbranched alkanes of at least 4 members (excludes halogenated alkanes) is 21. The van der Waals surface area contributed by atoms with Gasteiger partial charge in [0.2, 0.25) is 0 Å². The fourth-order valence-electron chi connectivity index (χ4n) is 4.53. The van der Waals surface area contributed by atoms with Crippen LogP contribution in [0.25, 0.3) is 0 Å². The van der Waals surface area contributed by atoms with E-state index in [0.29, 0.717) is 0 Å². The molecule has 0 fully saturated rings. The molecular formula is C30H53. The molecule has 0 saturated heterocycles. The minimum Gasteiger partial charge on any atom is -0.0654 e. The number of benzene rings is 1. The summed E-state index contributed by atoms with van der Waals surface area (Å²) >= 11 is 0. The second-order valence-electron chi connectivity index (χ2n) is 9.58. The highest BCUT2D eigenvalue weighted by molar-refractivity contribution is 5.13. The zero-order valence-corrected chi connectivity index (χ0v) is 20.6. The van der Waals surface area contributed by atoms with Crippen LogP contribution in [0.2, 0.25) is 0 Å². The molecule has 0 nitrogen and oxygen atoms in total. The molecule has 0 N–H and O–H groups in total. The first kappa shape index (κ1) is 27.3. The Kier molecular flexibility index (Phi) is 20.8. The van der Waals surface area contributed by atoms with Crippen LogP contribution in [0.4, 0.5) is 0 Å². The fourth-order valence-corrected chi connectivity index (χ4v) is 4.53. The molecule has 0 spiro atoms.